The summed E-state index contributed by atoms with van der Waals surface area (Å²) >= 11 is 0. The molecule has 1 aliphatic heterocycles. The number of carbonyl (C=O) groups is 2. The molecule has 0 aromatic rings. The lowest BCUT2D eigenvalue weighted by Crippen LogP contribution is -2.34. The molecule has 0 spiro atoms. The Morgan fingerprint density at radius 1 is 1.62 bits per heavy atom. The van der Waals surface area contributed by atoms with Crippen LogP contribution in [0.5, 0.6) is 0 Å². The third-order valence-electron chi connectivity index (χ3n) is 1.57. The number of hydrogen-bond donors (Lipinski definition) is 1. The Balaban J connectivity index is 0.000000671. The summed E-state index contributed by atoms with van der Waals surface area (Å²) in [6.07, 6.45) is 1.00. The van der Waals surface area contributed by atoms with Crippen molar-refractivity contribution in [1.29, 1.82) is 0 Å². The van der Waals surface area contributed by atoms with E-state index in [9.17, 15) is 9.59 Å². The molecular weight excluding hydrogens is 170 g/mol. The second kappa shape index (κ2) is 6.46. The Labute approximate surface area is 78.6 Å². The lowest BCUT2D eigenvalue weighted by atomic mass is 10.2. The minimum atomic E-state index is -0.401. The second-order valence-corrected chi connectivity index (χ2v) is 2.41. The molecule has 0 aromatic carbocycles. The first-order valence-electron chi connectivity index (χ1n) is 4.70. The maximum absolute atomic E-state index is 11.0. The van der Waals surface area contributed by atoms with Crippen LogP contribution in [-0.4, -0.2) is 24.5 Å². The van der Waals surface area contributed by atoms with Gasteiger partial charge in [0.15, 0.2) is 0 Å². The molecule has 1 saturated heterocycles. The fraction of sp³-hybridized carbons (Fsp3) is 0.778. The Morgan fingerprint density at radius 2 is 2.23 bits per heavy atom. The minimum Gasteiger partial charge on any atom is -0.464 e. The van der Waals surface area contributed by atoms with Gasteiger partial charge in [0, 0.05) is 6.42 Å². The van der Waals surface area contributed by atoms with E-state index in [1.807, 2.05) is 13.8 Å². The summed E-state index contributed by atoms with van der Waals surface area (Å²) in [5.74, 6) is -0.388. The van der Waals surface area contributed by atoms with E-state index >= 15 is 0 Å². The Kier molecular flexibility index (Phi) is 5.93. The van der Waals surface area contributed by atoms with E-state index in [-0.39, 0.29) is 11.9 Å². The first kappa shape index (κ1) is 11.9. The molecule has 1 atom stereocenters. The fourth-order valence-electron chi connectivity index (χ4n) is 1.03. The molecule has 0 aromatic heterocycles. The first-order valence-corrected chi connectivity index (χ1v) is 4.70. The number of hydrogen-bond acceptors (Lipinski definition) is 3. The largest absolute Gasteiger partial charge is 0.464 e. The van der Waals surface area contributed by atoms with E-state index in [0.717, 1.165) is 0 Å². The normalized spacial score (nSPS) is 19.9. The average molecular weight is 187 g/mol. The van der Waals surface area contributed by atoms with Crippen LogP contribution in [0.2, 0.25) is 0 Å². The van der Waals surface area contributed by atoms with E-state index in [1.54, 1.807) is 6.92 Å². The highest BCUT2D eigenvalue weighted by Gasteiger charge is 2.27. The third-order valence-corrected chi connectivity index (χ3v) is 1.57. The van der Waals surface area contributed by atoms with Gasteiger partial charge in [-0.2, -0.15) is 0 Å². The zero-order chi connectivity index (χ0) is 10.3. The van der Waals surface area contributed by atoms with Gasteiger partial charge in [-0.15, -0.1) is 0 Å². The molecule has 0 radical (unpaired) electrons. The first-order chi connectivity index (χ1) is 6.24. The maximum atomic E-state index is 11.0. The quantitative estimate of drug-likeness (QED) is 0.652. The topological polar surface area (TPSA) is 55.4 Å². The van der Waals surface area contributed by atoms with Crippen molar-refractivity contribution in [3.05, 3.63) is 0 Å². The molecule has 1 fully saturated rings. The van der Waals surface area contributed by atoms with Gasteiger partial charge in [0.1, 0.15) is 6.04 Å². The van der Waals surface area contributed by atoms with E-state index < -0.39 is 6.04 Å². The summed E-state index contributed by atoms with van der Waals surface area (Å²) in [5.41, 5.74) is 0. The molecule has 0 bridgehead atoms. The number of rotatable bonds is 2. The molecule has 1 aliphatic rings. The standard InChI is InChI=1S/C7H11NO3.C2H6/c1-2-11-7(10)5-3-4-6(9)8-5;1-2/h5H,2-4H2,1H3,(H,8,9);1-2H3. The van der Waals surface area contributed by atoms with Gasteiger partial charge in [0.25, 0.3) is 0 Å². The van der Waals surface area contributed by atoms with Crippen molar-refractivity contribution in [2.45, 2.75) is 39.7 Å². The average Bonchev–Trinajstić information content (AvgIpc) is 2.56. The van der Waals surface area contributed by atoms with Crippen molar-refractivity contribution in [1.82, 2.24) is 5.32 Å². The SMILES string of the molecule is CC.CCOC(=O)C1CCC(=O)N1. The smallest absolute Gasteiger partial charge is 0.328 e. The van der Waals surface area contributed by atoms with Crippen LogP contribution in [0.15, 0.2) is 0 Å². The van der Waals surface area contributed by atoms with E-state index in [4.69, 9.17) is 4.74 Å². The van der Waals surface area contributed by atoms with Gasteiger partial charge in [-0.25, -0.2) is 4.79 Å². The minimum absolute atomic E-state index is 0.0666. The predicted octanol–water partition coefficient (Wildman–Crippen LogP) is 0.854. The molecule has 4 nitrogen and oxygen atoms in total. The van der Waals surface area contributed by atoms with Gasteiger partial charge in [-0.3, -0.25) is 4.79 Å². The van der Waals surface area contributed by atoms with Crippen LogP contribution in [-0.2, 0) is 14.3 Å². The van der Waals surface area contributed by atoms with Gasteiger partial charge in [-0.05, 0) is 13.3 Å². The Bertz CT molecular complexity index is 180. The van der Waals surface area contributed by atoms with Crippen molar-refractivity contribution >= 4 is 11.9 Å². The van der Waals surface area contributed by atoms with E-state index in [2.05, 4.69) is 5.32 Å². The lowest BCUT2D eigenvalue weighted by molar-refractivity contribution is -0.145. The molecule has 1 heterocycles. The summed E-state index contributed by atoms with van der Waals surface area (Å²) in [6, 6.07) is -0.401. The van der Waals surface area contributed by atoms with E-state index in [1.165, 1.54) is 0 Å². The van der Waals surface area contributed by atoms with Gasteiger partial charge in [0.05, 0.1) is 6.61 Å². The van der Waals surface area contributed by atoms with Crippen LogP contribution < -0.4 is 5.32 Å². The van der Waals surface area contributed by atoms with Crippen molar-refractivity contribution in [3.63, 3.8) is 0 Å². The number of carbonyl (C=O) groups excluding carboxylic acids is 2. The molecule has 1 N–H and O–H groups in total. The molecule has 0 aliphatic carbocycles. The summed E-state index contributed by atoms with van der Waals surface area (Å²) < 4.78 is 4.72. The van der Waals surface area contributed by atoms with Gasteiger partial charge in [0.2, 0.25) is 5.91 Å². The highest BCUT2D eigenvalue weighted by Crippen LogP contribution is 2.07. The molecule has 0 saturated carbocycles. The van der Waals surface area contributed by atoms with Gasteiger partial charge < -0.3 is 10.1 Å². The molecule has 4 heteroatoms. The predicted molar refractivity (Wildman–Crippen MR) is 49.1 cm³/mol. The van der Waals surface area contributed by atoms with Gasteiger partial charge >= 0.3 is 5.97 Å². The molecule has 1 rings (SSSR count). The number of esters is 1. The molecule has 76 valence electrons. The van der Waals surface area contributed by atoms with Crippen molar-refractivity contribution < 1.29 is 14.3 Å². The highest BCUT2D eigenvalue weighted by molar-refractivity contribution is 5.87. The van der Waals surface area contributed by atoms with Crippen molar-refractivity contribution in [2.75, 3.05) is 6.61 Å². The van der Waals surface area contributed by atoms with Gasteiger partial charge in [-0.1, -0.05) is 13.8 Å². The number of amides is 1. The molecule has 13 heavy (non-hydrogen) atoms. The van der Waals surface area contributed by atoms with Crippen LogP contribution in [0.4, 0.5) is 0 Å². The van der Waals surface area contributed by atoms with Crippen molar-refractivity contribution in [2.24, 2.45) is 0 Å². The van der Waals surface area contributed by atoms with Crippen LogP contribution in [0.3, 0.4) is 0 Å². The summed E-state index contributed by atoms with van der Waals surface area (Å²) in [6.45, 7) is 6.11. The zero-order valence-corrected chi connectivity index (χ0v) is 8.42. The lowest BCUT2D eigenvalue weighted by Gasteiger charge is -2.07. The van der Waals surface area contributed by atoms with Crippen LogP contribution >= 0.6 is 0 Å². The fourth-order valence-corrected chi connectivity index (χ4v) is 1.03. The molecule has 1 unspecified atom stereocenters. The summed E-state index contributed by atoms with van der Waals surface area (Å²) in [5, 5.41) is 2.52. The monoisotopic (exact) mass is 187 g/mol. The third kappa shape index (κ3) is 3.92. The van der Waals surface area contributed by atoms with Crippen molar-refractivity contribution in [3.8, 4) is 0 Å². The Morgan fingerprint density at radius 3 is 2.62 bits per heavy atom. The number of ether oxygens (including phenoxy) is 1. The number of nitrogens with one attached hydrogen (secondary N) is 1. The molecule has 1 amide bonds. The second-order valence-electron chi connectivity index (χ2n) is 2.41. The van der Waals surface area contributed by atoms with Crippen LogP contribution in [0, 0.1) is 0 Å². The summed E-state index contributed by atoms with van der Waals surface area (Å²) in [7, 11) is 0. The Hall–Kier alpha value is -1.06. The van der Waals surface area contributed by atoms with E-state index in [0.29, 0.717) is 19.4 Å². The van der Waals surface area contributed by atoms with Crippen LogP contribution in [0.25, 0.3) is 0 Å². The summed E-state index contributed by atoms with van der Waals surface area (Å²) in [4.78, 5) is 21.6. The highest BCUT2D eigenvalue weighted by atomic mass is 16.5. The molecular formula is C9H17NO3. The zero-order valence-electron chi connectivity index (χ0n) is 8.42. The van der Waals surface area contributed by atoms with Crippen LogP contribution in [0.1, 0.15) is 33.6 Å². The maximum Gasteiger partial charge on any atom is 0.328 e.